The van der Waals surface area contributed by atoms with Crippen LogP contribution in [0.25, 0.3) is 0 Å². The summed E-state index contributed by atoms with van der Waals surface area (Å²) in [4.78, 5) is 13.5. The van der Waals surface area contributed by atoms with Crippen molar-refractivity contribution in [1.82, 2.24) is 4.90 Å². The molecule has 0 saturated carbocycles. The van der Waals surface area contributed by atoms with E-state index in [9.17, 15) is 9.18 Å². The summed E-state index contributed by atoms with van der Waals surface area (Å²) in [6, 6.07) is 9.91. The van der Waals surface area contributed by atoms with Crippen LogP contribution in [0.5, 0.6) is 0 Å². The Morgan fingerprint density at radius 3 is 2.69 bits per heavy atom. The van der Waals surface area contributed by atoms with Gasteiger partial charge in [-0.15, -0.1) is 0 Å². The number of halogens is 1. The topological polar surface area (TPSA) is 20.3 Å². The smallest absolute Gasteiger partial charge is 0.223 e. The van der Waals surface area contributed by atoms with Crippen LogP contribution in [0.3, 0.4) is 0 Å². The van der Waals surface area contributed by atoms with Crippen molar-refractivity contribution in [2.24, 2.45) is 5.92 Å². The van der Waals surface area contributed by atoms with Gasteiger partial charge in [0.05, 0.1) is 12.7 Å². The highest BCUT2D eigenvalue weighted by atomic mass is 19.1. The Bertz CT molecular complexity index is 365. The highest BCUT2D eigenvalue weighted by Crippen LogP contribution is 2.28. The zero-order valence-corrected chi connectivity index (χ0v) is 9.40. The van der Waals surface area contributed by atoms with Crippen molar-refractivity contribution < 1.29 is 9.18 Å². The molecule has 0 spiro atoms. The first kappa shape index (κ1) is 11.1. The number of carbonyl (C=O) groups is 1. The largest absolute Gasteiger partial charge is 0.336 e. The number of benzene rings is 1. The Morgan fingerprint density at radius 2 is 2.12 bits per heavy atom. The molecule has 1 amide bonds. The Balaban J connectivity index is 2.11. The summed E-state index contributed by atoms with van der Waals surface area (Å²) < 4.78 is 12.5. The number of likely N-dealkylation sites (tertiary alicyclic amines) is 1. The predicted molar refractivity (Wildman–Crippen MR) is 60.7 cm³/mol. The fraction of sp³-hybridized carbons (Fsp3) is 0.462. The number of rotatable bonds is 3. The molecule has 0 aliphatic carbocycles. The molecule has 2 atom stereocenters. The minimum absolute atomic E-state index is 0.0465. The molecule has 1 saturated heterocycles. The zero-order valence-electron chi connectivity index (χ0n) is 9.40. The Labute approximate surface area is 95.1 Å². The second-order valence-corrected chi connectivity index (χ2v) is 4.36. The average molecular weight is 221 g/mol. The summed E-state index contributed by atoms with van der Waals surface area (Å²) in [5, 5.41) is 0. The molecule has 2 unspecified atom stereocenters. The average Bonchev–Trinajstić information content (AvgIpc) is 2.71. The van der Waals surface area contributed by atoms with E-state index in [1.165, 1.54) is 0 Å². The number of hydrogen-bond donors (Lipinski definition) is 0. The minimum Gasteiger partial charge on any atom is -0.336 e. The molecule has 1 aliphatic rings. The van der Waals surface area contributed by atoms with Gasteiger partial charge in [-0.05, 0) is 12.5 Å². The lowest BCUT2D eigenvalue weighted by molar-refractivity contribution is -0.129. The molecule has 1 heterocycles. The normalized spacial score (nSPS) is 22.5. The van der Waals surface area contributed by atoms with E-state index in [4.69, 9.17) is 0 Å². The van der Waals surface area contributed by atoms with Gasteiger partial charge in [0.15, 0.2) is 0 Å². The standard InChI is InChI=1S/C13H16FNO/c1-10(12-5-3-2-4-6-12)15-9-11(8-14)7-13(15)16/h2-6,10-11H,7-9H2,1H3. The summed E-state index contributed by atoms with van der Waals surface area (Å²) in [5.74, 6) is -0.0438. The molecule has 1 aromatic rings. The maximum absolute atomic E-state index is 12.5. The molecule has 1 aliphatic heterocycles. The van der Waals surface area contributed by atoms with Gasteiger partial charge in [-0.2, -0.15) is 0 Å². The first-order valence-corrected chi connectivity index (χ1v) is 5.62. The number of carbonyl (C=O) groups excluding carboxylic acids is 1. The lowest BCUT2D eigenvalue weighted by Crippen LogP contribution is -2.28. The molecule has 1 fully saturated rings. The molecule has 0 aromatic heterocycles. The van der Waals surface area contributed by atoms with Crippen LogP contribution in [0.1, 0.15) is 24.9 Å². The highest BCUT2D eigenvalue weighted by molar-refractivity contribution is 5.79. The van der Waals surface area contributed by atoms with Crippen molar-refractivity contribution in [3.8, 4) is 0 Å². The van der Waals surface area contributed by atoms with E-state index in [1.54, 1.807) is 4.90 Å². The highest BCUT2D eigenvalue weighted by Gasteiger charge is 2.32. The van der Waals surface area contributed by atoms with Crippen molar-refractivity contribution in [1.29, 1.82) is 0 Å². The van der Waals surface area contributed by atoms with E-state index in [2.05, 4.69) is 0 Å². The molecule has 86 valence electrons. The van der Waals surface area contributed by atoms with Gasteiger partial charge in [0.25, 0.3) is 0 Å². The molecule has 2 rings (SSSR count). The van der Waals surface area contributed by atoms with Gasteiger partial charge in [0.2, 0.25) is 5.91 Å². The number of hydrogen-bond acceptors (Lipinski definition) is 1. The Hall–Kier alpha value is -1.38. The van der Waals surface area contributed by atoms with Gasteiger partial charge < -0.3 is 4.90 Å². The molecule has 1 aromatic carbocycles. The van der Waals surface area contributed by atoms with Crippen LogP contribution in [0.2, 0.25) is 0 Å². The third-order valence-corrected chi connectivity index (χ3v) is 3.21. The molecule has 2 nitrogen and oxygen atoms in total. The Morgan fingerprint density at radius 1 is 1.44 bits per heavy atom. The fourth-order valence-electron chi connectivity index (χ4n) is 2.20. The van der Waals surface area contributed by atoms with E-state index in [0.717, 1.165) is 5.56 Å². The summed E-state index contributed by atoms with van der Waals surface area (Å²) in [5.41, 5.74) is 1.11. The van der Waals surface area contributed by atoms with Gasteiger partial charge >= 0.3 is 0 Å². The molecule has 0 N–H and O–H groups in total. The Kier molecular flexibility index (Phi) is 3.22. The summed E-state index contributed by atoms with van der Waals surface area (Å²) in [7, 11) is 0. The van der Waals surface area contributed by atoms with Crippen LogP contribution >= 0.6 is 0 Å². The van der Waals surface area contributed by atoms with Crippen LogP contribution in [0.15, 0.2) is 30.3 Å². The molecule has 3 heteroatoms. The van der Waals surface area contributed by atoms with Crippen molar-refractivity contribution in [2.45, 2.75) is 19.4 Å². The second kappa shape index (κ2) is 4.64. The summed E-state index contributed by atoms with van der Waals surface area (Å²) in [6.07, 6.45) is 0.355. The van der Waals surface area contributed by atoms with Crippen LogP contribution in [0, 0.1) is 5.92 Å². The minimum atomic E-state index is -0.399. The van der Waals surface area contributed by atoms with Crippen LogP contribution in [0.4, 0.5) is 4.39 Å². The van der Waals surface area contributed by atoms with Gasteiger partial charge in [0.1, 0.15) is 0 Å². The molecular formula is C13H16FNO. The third-order valence-electron chi connectivity index (χ3n) is 3.21. The van der Waals surface area contributed by atoms with Crippen molar-refractivity contribution in [2.75, 3.05) is 13.2 Å². The lowest BCUT2D eigenvalue weighted by atomic mass is 10.1. The maximum atomic E-state index is 12.5. The van der Waals surface area contributed by atoms with Crippen molar-refractivity contribution >= 4 is 5.91 Å². The second-order valence-electron chi connectivity index (χ2n) is 4.36. The van der Waals surface area contributed by atoms with E-state index in [1.807, 2.05) is 37.3 Å². The van der Waals surface area contributed by atoms with Crippen LogP contribution < -0.4 is 0 Å². The fourth-order valence-corrected chi connectivity index (χ4v) is 2.20. The quantitative estimate of drug-likeness (QED) is 0.768. The molecular weight excluding hydrogens is 205 g/mol. The van der Waals surface area contributed by atoms with Gasteiger partial charge in [0, 0.05) is 18.9 Å². The van der Waals surface area contributed by atoms with E-state index < -0.39 is 6.67 Å². The molecule has 0 bridgehead atoms. The third kappa shape index (κ3) is 2.08. The maximum Gasteiger partial charge on any atom is 0.223 e. The lowest BCUT2D eigenvalue weighted by Gasteiger charge is -2.25. The van der Waals surface area contributed by atoms with Gasteiger partial charge in [-0.3, -0.25) is 9.18 Å². The van der Waals surface area contributed by atoms with Gasteiger partial charge in [-0.1, -0.05) is 30.3 Å². The monoisotopic (exact) mass is 221 g/mol. The van der Waals surface area contributed by atoms with Crippen molar-refractivity contribution in [3.05, 3.63) is 35.9 Å². The SMILES string of the molecule is CC(c1ccccc1)N1CC(CF)CC1=O. The molecule has 16 heavy (non-hydrogen) atoms. The van der Waals surface area contributed by atoms with Gasteiger partial charge in [-0.25, -0.2) is 0 Å². The van der Waals surface area contributed by atoms with Crippen molar-refractivity contribution in [3.63, 3.8) is 0 Å². The zero-order chi connectivity index (χ0) is 11.5. The number of amides is 1. The van der Waals surface area contributed by atoms with E-state index in [0.29, 0.717) is 13.0 Å². The number of alkyl halides is 1. The number of nitrogens with zero attached hydrogens (tertiary/aromatic N) is 1. The molecule has 0 radical (unpaired) electrons. The van der Waals surface area contributed by atoms with Crippen LogP contribution in [-0.2, 0) is 4.79 Å². The predicted octanol–water partition coefficient (Wildman–Crippen LogP) is 2.57. The van der Waals surface area contributed by atoms with E-state index in [-0.39, 0.29) is 17.9 Å². The first-order chi connectivity index (χ1) is 7.72. The summed E-state index contributed by atoms with van der Waals surface area (Å²) >= 11 is 0. The van der Waals surface area contributed by atoms with E-state index >= 15 is 0 Å². The first-order valence-electron chi connectivity index (χ1n) is 5.62. The van der Waals surface area contributed by atoms with Crippen LogP contribution in [-0.4, -0.2) is 24.0 Å². The summed E-state index contributed by atoms with van der Waals surface area (Å²) in [6.45, 7) is 2.14.